The van der Waals surface area contributed by atoms with Crippen molar-refractivity contribution in [3.05, 3.63) is 81.4 Å². The number of esters is 1. The van der Waals surface area contributed by atoms with Gasteiger partial charge in [0.05, 0.1) is 4.92 Å². The molecule has 2 aromatic rings. The number of benzene rings is 2. The molecule has 1 amide bonds. The van der Waals surface area contributed by atoms with Gasteiger partial charge in [-0.05, 0) is 36.3 Å². The van der Waals surface area contributed by atoms with E-state index in [0.29, 0.717) is 12.1 Å². The number of amides is 1. The lowest BCUT2D eigenvalue weighted by Crippen LogP contribution is -2.28. The van der Waals surface area contributed by atoms with E-state index < -0.39 is 16.8 Å². The highest BCUT2D eigenvalue weighted by Gasteiger charge is 2.06. The Bertz CT molecular complexity index is 811. The zero-order valence-corrected chi connectivity index (χ0v) is 14.2. The minimum absolute atomic E-state index is 0.0324. The maximum absolute atomic E-state index is 11.7. The Morgan fingerprint density at radius 1 is 1.12 bits per heavy atom. The van der Waals surface area contributed by atoms with Crippen LogP contribution in [-0.2, 0) is 20.9 Å². The van der Waals surface area contributed by atoms with E-state index in [1.165, 1.54) is 30.3 Å². The molecule has 0 bridgehead atoms. The van der Waals surface area contributed by atoms with Gasteiger partial charge in [0.15, 0.2) is 6.61 Å². The molecule has 0 fully saturated rings. The lowest BCUT2D eigenvalue weighted by atomic mass is 10.1. The zero-order chi connectivity index (χ0) is 18.9. The first-order valence-corrected chi connectivity index (χ1v) is 7.85. The SMILES string of the molecule is Cc1ccc(CNC(=O)COC(=O)/C=C/c2ccc([N+](=O)[O-])cc2)cc1. The number of nitro groups is 1. The maximum atomic E-state index is 11.7. The highest BCUT2D eigenvalue weighted by molar-refractivity contribution is 5.89. The molecule has 1 N–H and O–H groups in total. The van der Waals surface area contributed by atoms with Crippen molar-refractivity contribution in [1.82, 2.24) is 5.32 Å². The Balaban J connectivity index is 1.74. The third-order valence-corrected chi connectivity index (χ3v) is 3.47. The van der Waals surface area contributed by atoms with Crippen LogP contribution in [0.1, 0.15) is 16.7 Å². The summed E-state index contributed by atoms with van der Waals surface area (Å²) in [7, 11) is 0. The number of aryl methyl sites for hydroxylation is 1. The van der Waals surface area contributed by atoms with Crippen molar-refractivity contribution in [2.24, 2.45) is 0 Å². The topological polar surface area (TPSA) is 98.5 Å². The first-order chi connectivity index (χ1) is 12.4. The van der Waals surface area contributed by atoms with Gasteiger partial charge in [-0.25, -0.2) is 4.79 Å². The molecule has 0 spiro atoms. The number of hydrogen-bond acceptors (Lipinski definition) is 5. The van der Waals surface area contributed by atoms with Gasteiger partial charge in [0.2, 0.25) is 0 Å². The van der Waals surface area contributed by atoms with E-state index in [-0.39, 0.29) is 12.3 Å². The van der Waals surface area contributed by atoms with E-state index in [2.05, 4.69) is 5.32 Å². The monoisotopic (exact) mass is 354 g/mol. The lowest BCUT2D eigenvalue weighted by Gasteiger charge is -2.06. The van der Waals surface area contributed by atoms with Crippen LogP contribution in [0, 0.1) is 17.0 Å². The number of non-ortho nitro benzene ring substituents is 1. The van der Waals surface area contributed by atoms with Gasteiger partial charge in [-0.3, -0.25) is 14.9 Å². The fourth-order valence-electron chi connectivity index (χ4n) is 2.01. The summed E-state index contributed by atoms with van der Waals surface area (Å²) in [5, 5.41) is 13.2. The normalized spacial score (nSPS) is 10.5. The number of carbonyl (C=O) groups excluding carboxylic acids is 2. The van der Waals surface area contributed by atoms with Gasteiger partial charge in [-0.1, -0.05) is 29.8 Å². The second kappa shape index (κ2) is 9.12. The van der Waals surface area contributed by atoms with Crippen LogP contribution in [0.2, 0.25) is 0 Å². The fraction of sp³-hybridized carbons (Fsp3) is 0.158. The summed E-state index contributed by atoms with van der Waals surface area (Å²) in [6.45, 7) is 1.95. The van der Waals surface area contributed by atoms with Crippen LogP contribution >= 0.6 is 0 Å². The summed E-state index contributed by atoms with van der Waals surface area (Å²) in [6.07, 6.45) is 2.62. The van der Waals surface area contributed by atoms with E-state index in [1.807, 2.05) is 31.2 Å². The molecule has 0 saturated carbocycles. The predicted octanol–water partition coefficient (Wildman–Crippen LogP) is 2.78. The molecular formula is C19H18N2O5. The first kappa shape index (κ1) is 18.9. The van der Waals surface area contributed by atoms with Crippen molar-refractivity contribution in [3.8, 4) is 0 Å². The standard InChI is InChI=1S/C19H18N2O5/c1-14-2-4-16(5-3-14)12-20-18(22)13-26-19(23)11-8-15-6-9-17(10-7-15)21(24)25/h2-11H,12-13H2,1H3,(H,20,22)/b11-8+. The molecule has 0 aliphatic heterocycles. The molecule has 0 saturated heterocycles. The van der Waals surface area contributed by atoms with Crippen molar-refractivity contribution in [3.63, 3.8) is 0 Å². The van der Waals surface area contributed by atoms with Gasteiger partial charge in [0.25, 0.3) is 11.6 Å². The van der Waals surface area contributed by atoms with Gasteiger partial charge in [0, 0.05) is 24.8 Å². The van der Waals surface area contributed by atoms with Crippen LogP contribution < -0.4 is 5.32 Å². The highest BCUT2D eigenvalue weighted by Crippen LogP contribution is 2.12. The van der Waals surface area contributed by atoms with Gasteiger partial charge in [-0.2, -0.15) is 0 Å². The van der Waals surface area contributed by atoms with E-state index in [9.17, 15) is 19.7 Å². The molecule has 7 heteroatoms. The molecule has 0 radical (unpaired) electrons. The van der Waals surface area contributed by atoms with Crippen LogP contribution in [0.4, 0.5) is 5.69 Å². The Kier molecular flexibility index (Phi) is 6.61. The molecule has 0 heterocycles. The molecule has 7 nitrogen and oxygen atoms in total. The Morgan fingerprint density at radius 2 is 1.77 bits per heavy atom. The smallest absolute Gasteiger partial charge is 0.331 e. The lowest BCUT2D eigenvalue weighted by molar-refractivity contribution is -0.384. The molecule has 134 valence electrons. The van der Waals surface area contributed by atoms with E-state index in [1.54, 1.807) is 0 Å². The molecule has 26 heavy (non-hydrogen) atoms. The summed E-state index contributed by atoms with van der Waals surface area (Å²) in [4.78, 5) is 33.4. The van der Waals surface area contributed by atoms with E-state index >= 15 is 0 Å². The summed E-state index contributed by atoms with van der Waals surface area (Å²) >= 11 is 0. The highest BCUT2D eigenvalue weighted by atomic mass is 16.6. The fourth-order valence-corrected chi connectivity index (χ4v) is 2.01. The summed E-state index contributed by atoms with van der Waals surface area (Å²) < 4.78 is 4.85. The second-order valence-corrected chi connectivity index (χ2v) is 5.55. The number of nitro benzene ring substituents is 1. The number of hydrogen-bond donors (Lipinski definition) is 1. The third-order valence-electron chi connectivity index (χ3n) is 3.47. The van der Waals surface area contributed by atoms with Crippen LogP contribution in [-0.4, -0.2) is 23.4 Å². The Hall–Kier alpha value is -3.48. The minimum atomic E-state index is -0.672. The summed E-state index contributed by atoms with van der Waals surface area (Å²) in [6, 6.07) is 13.4. The van der Waals surface area contributed by atoms with Crippen LogP contribution in [0.3, 0.4) is 0 Å². The van der Waals surface area contributed by atoms with Crippen molar-refractivity contribution >= 4 is 23.6 Å². The second-order valence-electron chi connectivity index (χ2n) is 5.55. The van der Waals surface area contributed by atoms with Crippen LogP contribution in [0.25, 0.3) is 6.08 Å². The van der Waals surface area contributed by atoms with Gasteiger partial charge in [-0.15, -0.1) is 0 Å². The quantitative estimate of drug-likeness (QED) is 0.357. The number of rotatable bonds is 7. The zero-order valence-electron chi connectivity index (χ0n) is 14.2. The third kappa shape index (κ3) is 6.20. The molecule has 0 aliphatic rings. The predicted molar refractivity (Wildman–Crippen MR) is 96.1 cm³/mol. The van der Waals surface area contributed by atoms with Crippen molar-refractivity contribution in [2.45, 2.75) is 13.5 Å². The summed E-state index contributed by atoms with van der Waals surface area (Å²) in [5.41, 5.74) is 2.66. The van der Waals surface area contributed by atoms with Crippen molar-refractivity contribution < 1.29 is 19.2 Å². The Labute approximate surface area is 150 Å². The number of nitrogens with one attached hydrogen (secondary N) is 1. The molecule has 0 aliphatic carbocycles. The molecule has 0 atom stereocenters. The van der Waals surface area contributed by atoms with Crippen LogP contribution in [0.5, 0.6) is 0 Å². The average molecular weight is 354 g/mol. The van der Waals surface area contributed by atoms with Crippen LogP contribution in [0.15, 0.2) is 54.6 Å². The number of carbonyl (C=O) groups is 2. The van der Waals surface area contributed by atoms with Gasteiger partial charge < -0.3 is 10.1 Å². The first-order valence-electron chi connectivity index (χ1n) is 7.85. The van der Waals surface area contributed by atoms with E-state index in [0.717, 1.165) is 17.2 Å². The van der Waals surface area contributed by atoms with Crippen molar-refractivity contribution in [2.75, 3.05) is 6.61 Å². The molecular weight excluding hydrogens is 336 g/mol. The average Bonchev–Trinajstić information content (AvgIpc) is 2.64. The molecule has 2 aromatic carbocycles. The van der Waals surface area contributed by atoms with Gasteiger partial charge in [0.1, 0.15) is 0 Å². The maximum Gasteiger partial charge on any atom is 0.331 e. The van der Waals surface area contributed by atoms with E-state index in [4.69, 9.17) is 4.74 Å². The Morgan fingerprint density at radius 3 is 2.38 bits per heavy atom. The summed E-state index contributed by atoms with van der Waals surface area (Å²) in [5.74, 6) is -1.07. The van der Waals surface area contributed by atoms with Gasteiger partial charge >= 0.3 is 5.97 Å². The molecule has 0 unspecified atom stereocenters. The largest absolute Gasteiger partial charge is 0.452 e. The molecule has 2 rings (SSSR count). The number of ether oxygens (including phenoxy) is 1. The van der Waals surface area contributed by atoms with Crippen molar-refractivity contribution in [1.29, 1.82) is 0 Å². The minimum Gasteiger partial charge on any atom is -0.452 e. The molecule has 0 aromatic heterocycles. The number of nitrogens with zero attached hydrogens (tertiary/aromatic N) is 1.